The van der Waals surface area contributed by atoms with Crippen LogP contribution < -0.4 is 0 Å². The van der Waals surface area contributed by atoms with Gasteiger partial charge in [-0.05, 0) is 14.0 Å². The van der Waals surface area contributed by atoms with Crippen molar-refractivity contribution in [2.75, 3.05) is 13.7 Å². The predicted octanol–water partition coefficient (Wildman–Crippen LogP) is 0.918. The number of carboxylic acid groups (broad SMARTS) is 1. The van der Waals surface area contributed by atoms with Crippen molar-refractivity contribution in [1.82, 2.24) is 4.90 Å². The highest BCUT2D eigenvalue weighted by Crippen LogP contribution is 2.30. The predicted molar refractivity (Wildman–Crippen MR) is 48.5 cm³/mol. The Hall–Kier alpha value is -0.610. The average molecular weight is 187 g/mol. The molecule has 1 N–H and O–H groups in total. The lowest BCUT2D eigenvalue weighted by atomic mass is 10.1. The van der Waals surface area contributed by atoms with Gasteiger partial charge in [0.2, 0.25) is 5.72 Å². The van der Waals surface area contributed by atoms with Crippen LogP contribution in [0.3, 0.4) is 0 Å². The molecule has 4 heteroatoms. The molecule has 1 rings (SSSR count). The van der Waals surface area contributed by atoms with Crippen LogP contribution in [0, 0.1) is 0 Å². The zero-order valence-electron chi connectivity index (χ0n) is 8.41. The quantitative estimate of drug-likeness (QED) is 0.713. The van der Waals surface area contributed by atoms with Gasteiger partial charge in [0.15, 0.2) is 0 Å². The number of hydrogen-bond acceptors (Lipinski definition) is 3. The molecule has 1 saturated heterocycles. The first-order valence-corrected chi connectivity index (χ1v) is 4.65. The lowest BCUT2D eigenvalue weighted by molar-refractivity contribution is -0.176. The number of rotatable bonds is 3. The number of nitrogens with zero attached hydrogens (tertiary/aromatic N) is 1. The molecule has 13 heavy (non-hydrogen) atoms. The molecule has 1 heterocycles. The largest absolute Gasteiger partial charge is 0.478 e. The molecule has 0 radical (unpaired) electrons. The zero-order chi connectivity index (χ0) is 10.1. The maximum absolute atomic E-state index is 11.1. The van der Waals surface area contributed by atoms with E-state index < -0.39 is 11.7 Å². The third-order valence-corrected chi connectivity index (χ3v) is 2.72. The first kappa shape index (κ1) is 10.5. The Morgan fingerprint density at radius 2 is 2.38 bits per heavy atom. The Kier molecular flexibility index (Phi) is 2.93. The van der Waals surface area contributed by atoms with Gasteiger partial charge in [-0.15, -0.1) is 0 Å². The van der Waals surface area contributed by atoms with Gasteiger partial charge in [-0.25, -0.2) is 4.79 Å². The fraction of sp³-hybridized carbons (Fsp3) is 0.889. The zero-order valence-corrected chi connectivity index (χ0v) is 8.41. The van der Waals surface area contributed by atoms with E-state index in [1.807, 2.05) is 13.8 Å². The Labute approximate surface area is 78.5 Å². The molecule has 0 saturated carbocycles. The minimum atomic E-state index is -1.08. The van der Waals surface area contributed by atoms with Gasteiger partial charge in [0.1, 0.15) is 0 Å². The monoisotopic (exact) mass is 187 g/mol. The van der Waals surface area contributed by atoms with Crippen molar-refractivity contribution in [2.24, 2.45) is 0 Å². The smallest absolute Gasteiger partial charge is 0.351 e. The number of aliphatic carboxylic acids is 1. The number of carboxylic acids is 1. The minimum Gasteiger partial charge on any atom is -0.478 e. The van der Waals surface area contributed by atoms with Gasteiger partial charge in [0.25, 0.3) is 0 Å². The maximum Gasteiger partial charge on any atom is 0.351 e. The summed E-state index contributed by atoms with van der Waals surface area (Å²) in [6, 6.07) is 0.183. The van der Waals surface area contributed by atoms with Gasteiger partial charge in [-0.1, -0.05) is 13.3 Å². The molecule has 76 valence electrons. The Balaban J connectivity index is 2.85. The fourth-order valence-electron chi connectivity index (χ4n) is 1.74. The summed E-state index contributed by atoms with van der Waals surface area (Å²) >= 11 is 0. The molecule has 0 bridgehead atoms. The van der Waals surface area contributed by atoms with Crippen LogP contribution in [0.2, 0.25) is 0 Å². The number of hydrogen-bond donors (Lipinski definition) is 1. The van der Waals surface area contributed by atoms with E-state index in [9.17, 15) is 4.79 Å². The van der Waals surface area contributed by atoms with Crippen LogP contribution in [0.4, 0.5) is 0 Å². The summed E-state index contributed by atoms with van der Waals surface area (Å²) in [6.45, 7) is 4.44. The molecule has 2 atom stereocenters. The summed E-state index contributed by atoms with van der Waals surface area (Å²) in [7, 11) is 1.81. The SMILES string of the molecule is CCCC1(C(=O)O)OCC(C)N1C. The summed E-state index contributed by atoms with van der Waals surface area (Å²) in [5, 5.41) is 9.12. The minimum absolute atomic E-state index is 0.183. The van der Waals surface area contributed by atoms with Crippen molar-refractivity contribution in [3.05, 3.63) is 0 Å². The molecule has 1 aliphatic rings. The normalized spacial score (nSPS) is 35.2. The van der Waals surface area contributed by atoms with Crippen LogP contribution >= 0.6 is 0 Å². The van der Waals surface area contributed by atoms with E-state index in [4.69, 9.17) is 9.84 Å². The fourth-order valence-corrected chi connectivity index (χ4v) is 1.74. The summed E-state index contributed by atoms with van der Waals surface area (Å²) in [4.78, 5) is 12.9. The van der Waals surface area contributed by atoms with Crippen LogP contribution in [-0.4, -0.2) is 41.4 Å². The second-order valence-electron chi connectivity index (χ2n) is 3.61. The standard InChI is InChI=1S/C9H17NO3/c1-4-5-9(8(11)12)10(3)7(2)6-13-9/h7H,4-6H2,1-3H3,(H,11,12). The van der Waals surface area contributed by atoms with Gasteiger partial charge in [0, 0.05) is 12.5 Å². The summed E-state index contributed by atoms with van der Waals surface area (Å²) in [5.74, 6) is -0.874. The second-order valence-corrected chi connectivity index (χ2v) is 3.61. The molecule has 0 aromatic rings. The van der Waals surface area contributed by atoms with Crippen molar-refractivity contribution < 1.29 is 14.6 Å². The van der Waals surface area contributed by atoms with Gasteiger partial charge >= 0.3 is 5.97 Å². The molecule has 0 spiro atoms. The van der Waals surface area contributed by atoms with Crippen molar-refractivity contribution in [3.63, 3.8) is 0 Å². The lowest BCUT2D eigenvalue weighted by Crippen LogP contribution is -2.51. The molecule has 4 nitrogen and oxygen atoms in total. The van der Waals surface area contributed by atoms with Crippen LogP contribution in [0.5, 0.6) is 0 Å². The topological polar surface area (TPSA) is 49.8 Å². The lowest BCUT2D eigenvalue weighted by Gasteiger charge is -2.31. The van der Waals surface area contributed by atoms with E-state index in [0.717, 1.165) is 6.42 Å². The maximum atomic E-state index is 11.1. The molecule has 1 fully saturated rings. The Bertz CT molecular complexity index is 203. The molecule has 0 amide bonds. The number of likely N-dealkylation sites (N-methyl/N-ethyl adjacent to an activating group) is 1. The molecule has 0 aliphatic carbocycles. The first-order chi connectivity index (χ1) is 6.04. The third kappa shape index (κ3) is 1.56. The van der Waals surface area contributed by atoms with E-state index in [0.29, 0.717) is 13.0 Å². The van der Waals surface area contributed by atoms with Gasteiger partial charge < -0.3 is 9.84 Å². The highest BCUT2D eigenvalue weighted by Gasteiger charge is 2.49. The van der Waals surface area contributed by atoms with Crippen LogP contribution in [0.25, 0.3) is 0 Å². The van der Waals surface area contributed by atoms with Gasteiger partial charge in [-0.3, -0.25) is 4.90 Å². The van der Waals surface area contributed by atoms with E-state index in [1.165, 1.54) is 0 Å². The van der Waals surface area contributed by atoms with Crippen LogP contribution in [-0.2, 0) is 9.53 Å². The van der Waals surface area contributed by atoms with E-state index >= 15 is 0 Å². The number of ether oxygens (including phenoxy) is 1. The summed E-state index contributed by atoms with van der Waals surface area (Å²) in [5.41, 5.74) is -1.08. The van der Waals surface area contributed by atoms with Crippen molar-refractivity contribution in [1.29, 1.82) is 0 Å². The number of carbonyl (C=O) groups is 1. The molecule has 0 aromatic heterocycles. The summed E-state index contributed by atoms with van der Waals surface area (Å²) < 4.78 is 5.39. The Morgan fingerprint density at radius 3 is 2.69 bits per heavy atom. The summed E-state index contributed by atoms with van der Waals surface area (Å²) in [6.07, 6.45) is 1.35. The molecule has 2 unspecified atom stereocenters. The van der Waals surface area contributed by atoms with Crippen molar-refractivity contribution in [3.8, 4) is 0 Å². The highest BCUT2D eigenvalue weighted by atomic mass is 16.6. The average Bonchev–Trinajstić information content (AvgIpc) is 2.34. The van der Waals surface area contributed by atoms with Gasteiger partial charge in [0.05, 0.1) is 6.61 Å². The van der Waals surface area contributed by atoms with Crippen LogP contribution in [0.15, 0.2) is 0 Å². The van der Waals surface area contributed by atoms with E-state index in [2.05, 4.69) is 0 Å². The first-order valence-electron chi connectivity index (χ1n) is 4.65. The molecular formula is C9H17NO3. The van der Waals surface area contributed by atoms with Crippen molar-refractivity contribution >= 4 is 5.97 Å². The van der Waals surface area contributed by atoms with Crippen LogP contribution in [0.1, 0.15) is 26.7 Å². The van der Waals surface area contributed by atoms with Gasteiger partial charge in [-0.2, -0.15) is 0 Å². The van der Waals surface area contributed by atoms with E-state index in [1.54, 1.807) is 11.9 Å². The molecule has 0 aromatic carbocycles. The Morgan fingerprint density at radius 1 is 1.77 bits per heavy atom. The van der Waals surface area contributed by atoms with E-state index in [-0.39, 0.29) is 6.04 Å². The highest BCUT2D eigenvalue weighted by molar-refractivity contribution is 5.77. The second kappa shape index (κ2) is 3.64. The van der Waals surface area contributed by atoms with Crippen molar-refractivity contribution in [2.45, 2.75) is 38.5 Å². The molecule has 1 aliphatic heterocycles. The molecular weight excluding hydrogens is 170 g/mol. The third-order valence-electron chi connectivity index (χ3n) is 2.72.